The molecule has 4 heteroatoms. The lowest BCUT2D eigenvalue weighted by molar-refractivity contribution is -0.124. The van der Waals surface area contributed by atoms with E-state index in [0.29, 0.717) is 11.1 Å². The highest BCUT2D eigenvalue weighted by Gasteiger charge is 2.41. The summed E-state index contributed by atoms with van der Waals surface area (Å²) in [6, 6.07) is 18.5. The average molecular weight is 341 g/mol. The Morgan fingerprint density at radius 3 is 2.12 bits per heavy atom. The predicted molar refractivity (Wildman–Crippen MR) is 99.0 cm³/mol. The first kappa shape index (κ1) is 17.2. The van der Waals surface area contributed by atoms with Gasteiger partial charge in [0.15, 0.2) is 5.60 Å². The monoisotopic (exact) mass is 341 g/mol. The predicted octanol–water partition coefficient (Wildman–Crippen LogP) is 3.28. The van der Waals surface area contributed by atoms with E-state index in [1.54, 1.807) is 0 Å². The third-order valence-electron chi connectivity index (χ3n) is 4.63. The Bertz CT molecular complexity index is 635. The quantitative estimate of drug-likeness (QED) is 0.906. The molecule has 0 spiro atoms. The first-order valence-electron chi connectivity index (χ1n) is 8.41. The van der Waals surface area contributed by atoms with Gasteiger partial charge in [0.05, 0.1) is 0 Å². The molecule has 126 valence electrons. The molecule has 1 atom stereocenters. The van der Waals surface area contributed by atoms with Crippen LogP contribution in [0.3, 0.4) is 0 Å². The standard InChI is InChI=1S/C20H23NO2S/c1-2-21-14-13-18(15-21)24-19(22)20(23,16-9-5-3-6-10-16)17-11-7-4-8-12-17/h3-12,18,23H,2,13-15H2,1H3/t18-/m1/s1. The highest BCUT2D eigenvalue weighted by molar-refractivity contribution is 8.14. The summed E-state index contributed by atoms with van der Waals surface area (Å²) in [5, 5.41) is 11.5. The second-order valence-electron chi connectivity index (χ2n) is 6.15. The largest absolute Gasteiger partial charge is 0.372 e. The van der Waals surface area contributed by atoms with Crippen molar-refractivity contribution in [2.45, 2.75) is 24.2 Å². The van der Waals surface area contributed by atoms with E-state index in [1.165, 1.54) is 11.8 Å². The second kappa shape index (κ2) is 7.51. The van der Waals surface area contributed by atoms with Gasteiger partial charge in [-0.1, -0.05) is 79.3 Å². The number of carbonyl (C=O) groups excluding carboxylic acids is 1. The van der Waals surface area contributed by atoms with Gasteiger partial charge in [-0.05, 0) is 30.6 Å². The zero-order valence-electron chi connectivity index (χ0n) is 13.9. The van der Waals surface area contributed by atoms with Gasteiger partial charge in [0.2, 0.25) is 5.12 Å². The Kier molecular flexibility index (Phi) is 5.39. The summed E-state index contributed by atoms with van der Waals surface area (Å²) in [5.41, 5.74) is -0.356. The van der Waals surface area contributed by atoms with Crippen molar-refractivity contribution in [3.63, 3.8) is 0 Å². The van der Waals surface area contributed by atoms with Crippen LogP contribution in [0.1, 0.15) is 24.5 Å². The normalized spacial score (nSPS) is 18.7. The maximum Gasteiger partial charge on any atom is 0.230 e. The fraction of sp³-hybridized carbons (Fsp3) is 0.350. The number of aliphatic hydroxyl groups is 1. The van der Waals surface area contributed by atoms with E-state index in [-0.39, 0.29) is 10.4 Å². The third-order valence-corrected chi connectivity index (χ3v) is 5.86. The average Bonchev–Trinajstić information content (AvgIpc) is 3.10. The molecule has 0 bridgehead atoms. The van der Waals surface area contributed by atoms with Crippen LogP contribution in [0.25, 0.3) is 0 Å². The molecule has 1 saturated heterocycles. The van der Waals surface area contributed by atoms with Gasteiger partial charge in [0.1, 0.15) is 0 Å². The molecule has 24 heavy (non-hydrogen) atoms. The van der Waals surface area contributed by atoms with E-state index in [2.05, 4.69) is 11.8 Å². The van der Waals surface area contributed by atoms with Crippen molar-refractivity contribution in [1.29, 1.82) is 0 Å². The molecular formula is C20H23NO2S. The fourth-order valence-corrected chi connectivity index (χ4v) is 4.40. The molecule has 3 nitrogen and oxygen atoms in total. The van der Waals surface area contributed by atoms with Gasteiger partial charge in [-0.2, -0.15) is 0 Å². The van der Waals surface area contributed by atoms with Crippen molar-refractivity contribution in [3.8, 4) is 0 Å². The van der Waals surface area contributed by atoms with Crippen LogP contribution in [0.2, 0.25) is 0 Å². The van der Waals surface area contributed by atoms with Crippen molar-refractivity contribution in [2.75, 3.05) is 19.6 Å². The summed E-state index contributed by atoms with van der Waals surface area (Å²) < 4.78 is 0. The number of rotatable bonds is 5. The minimum Gasteiger partial charge on any atom is -0.372 e. The first-order valence-corrected chi connectivity index (χ1v) is 9.29. The number of hydrogen-bond acceptors (Lipinski definition) is 4. The van der Waals surface area contributed by atoms with E-state index in [9.17, 15) is 9.90 Å². The third kappa shape index (κ3) is 3.41. The first-order chi connectivity index (χ1) is 11.6. The lowest BCUT2D eigenvalue weighted by Gasteiger charge is -2.28. The Morgan fingerprint density at radius 1 is 1.12 bits per heavy atom. The Labute approximate surface area is 147 Å². The molecule has 0 amide bonds. The molecule has 0 saturated carbocycles. The number of nitrogens with zero attached hydrogens (tertiary/aromatic N) is 1. The molecule has 2 aromatic rings. The summed E-state index contributed by atoms with van der Waals surface area (Å²) in [6.45, 7) is 5.08. The van der Waals surface area contributed by atoms with Crippen molar-refractivity contribution in [2.24, 2.45) is 0 Å². The maximum absolute atomic E-state index is 13.1. The maximum atomic E-state index is 13.1. The topological polar surface area (TPSA) is 40.5 Å². The molecule has 0 unspecified atom stereocenters. The molecular weight excluding hydrogens is 318 g/mol. The molecule has 1 aliphatic rings. The highest BCUT2D eigenvalue weighted by Crippen LogP contribution is 2.37. The van der Waals surface area contributed by atoms with Gasteiger partial charge >= 0.3 is 0 Å². The zero-order valence-corrected chi connectivity index (χ0v) is 14.7. The van der Waals surface area contributed by atoms with Gasteiger partial charge < -0.3 is 10.0 Å². The van der Waals surface area contributed by atoms with Crippen molar-refractivity contribution >= 4 is 16.9 Å². The lowest BCUT2D eigenvalue weighted by atomic mass is 9.87. The minimum atomic E-state index is -1.60. The number of hydrogen-bond donors (Lipinski definition) is 1. The highest BCUT2D eigenvalue weighted by atomic mass is 32.2. The van der Waals surface area contributed by atoms with Crippen LogP contribution in [0.5, 0.6) is 0 Å². The van der Waals surface area contributed by atoms with Crippen LogP contribution in [0, 0.1) is 0 Å². The van der Waals surface area contributed by atoms with Crippen LogP contribution in [0.4, 0.5) is 0 Å². The second-order valence-corrected chi connectivity index (χ2v) is 7.42. The van der Waals surface area contributed by atoms with Crippen LogP contribution < -0.4 is 0 Å². The minimum absolute atomic E-state index is 0.192. The van der Waals surface area contributed by atoms with Gasteiger partial charge in [0, 0.05) is 11.8 Å². The van der Waals surface area contributed by atoms with Gasteiger partial charge in [-0.15, -0.1) is 0 Å². The molecule has 1 N–H and O–H groups in total. The molecule has 1 aliphatic heterocycles. The molecule has 1 heterocycles. The van der Waals surface area contributed by atoms with Gasteiger partial charge in [-0.25, -0.2) is 0 Å². The Morgan fingerprint density at radius 2 is 1.67 bits per heavy atom. The Hall–Kier alpha value is -1.62. The SMILES string of the molecule is CCN1CC[C@@H](SC(=O)C(O)(c2ccccc2)c2ccccc2)C1. The van der Waals surface area contributed by atoms with Crippen molar-refractivity contribution < 1.29 is 9.90 Å². The molecule has 3 rings (SSSR count). The van der Waals surface area contributed by atoms with E-state index < -0.39 is 5.60 Å². The summed E-state index contributed by atoms with van der Waals surface area (Å²) in [6.07, 6.45) is 0.990. The molecule has 0 aliphatic carbocycles. The van der Waals surface area contributed by atoms with Crippen molar-refractivity contribution in [1.82, 2.24) is 4.90 Å². The van der Waals surface area contributed by atoms with Crippen LogP contribution in [0.15, 0.2) is 60.7 Å². The Balaban J connectivity index is 1.89. The zero-order chi connectivity index (χ0) is 17.0. The summed E-state index contributed by atoms with van der Waals surface area (Å²) in [4.78, 5) is 15.5. The van der Waals surface area contributed by atoms with Crippen LogP contribution in [-0.4, -0.2) is 40.0 Å². The van der Waals surface area contributed by atoms with Crippen molar-refractivity contribution in [3.05, 3.63) is 71.8 Å². The lowest BCUT2D eigenvalue weighted by Crippen LogP contribution is -2.36. The van der Waals surface area contributed by atoms with E-state index >= 15 is 0 Å². The number of carbonyl (C=O) groups is 1. The number of likely N-dealkylation sites (tertiary alicyclic amines) is 1. The van der Waals surface area contributed by atoms with Gasteiger partial charge in [0.25, 0.3) is 0 Å². The number of thioether (sulfide) groups is 1. The summed E-state index contributed by atoms with van der Waals surface area (Å²) >= 11 is 1.29. The van der Waals surface area contributed by atoms with Crippen LogP contribution in [-0.2, 0) is 10.4 Å². The molecule has 0 radical (unpaired) electrons. The van der Waals surface area contributed by atoms with E-state index in [1.807, 2.05) is 60.7 Å². The van der Waals surface area contributed by atoms with Gasteiger partial charge in [-0.3, -0.25) is 4.79 Å². The smallest absolute Gasteiger partial charge is 0.230 e. The number of benzene rings is 2. The fourth-order valence-electron chi connectivity index (χ4n) is 3.18. The molecule has 2 aromatic carbocycles. The summed E-state index contributed by atoms with van der Waals surface area (Å²) in [5.74, 6) is 0. The molecule has 0 aromatic heterocycles. The van der Waals surface area contributed by atoms with Crippen LogP contribution >= 0.6 is 11.8 Å². The van der Waals surface area contributed by atoms with E-state index in [4.69, 9.17) is 0 Å². The summed E-state index contributed by atoms with van der Waals surface area (Å²) in [7, 11) is 0. The van der Waals surface area contributed by atoms with E-state index in [0.717, 1.165) is 26.1 Å². The molecule has 1 fully saturated rings.